The highest BCUT2D eigenvalue weighted by Crippen LogP contribution is 2.17. The Hall–Kier alpha value is -3.66. The van der Waals surface area contributed by atoms with Crippen molar-refractivity contribution in [2.24, 2.45) is 0 Å². The molecule has 0 amide bonds. The van der Waals surface area contributed by atoms with Gasteiger partial charge >= 0.3 is 23.9 Å². The number of non-ortho nitro benzene ring substituents is 1. The number of carboxylic acids is 4. The van der Waals surface area contributed by atoms with Crippen LogP contribution in [0.4, 0.5) is 5.69 Å². The summed E-state index contributed by atoms with van der Waals surface area (Å²) < 4.78 is 0. The lowest BCUT2D eigenvalue weighted by atomic mass is 10.0. The number of aryl methyl sites for hydroxylation is 1. The Kier molecular flexibility index (Phi) is 14.8. The minimum Gasteiger partial charge on any atom is -0.480 e. The highest BCUT2D eigenvalue weighted by molar-refractivity contribution is 5.72. The van der Waals surface area contributed by atoms with Crippen LogP contribution in [0.15, 0.2) is 24.3 Å². The Balaban J connectivity index is 2.10. The van der Waals surface area contributed by atoms with Gasteiger partial charge in [0, 0.05) is 64.0 Å². The van der Waals surface area contributed by atoms with Gasteiger partial charge in [-0.15, -0.1) is 0 Å². The van der Waals surface area contributed by atoms with Gasteiger partial charge in [0.05, 0.1) is 31.1 Å². The fourth-order valence-corrected chi connectivity index (χ4v) is 5.08. The first-order valence-corrected chi connectivity index (χ1v) is 13.9. The zero-order valence-corrected chi connectivity index (χ0v) is 23.7. The van der Waals surface area contributed by atoms with Crippen molar-refractivity contribution < 1.29 is 44.5 Å². The minimum absolute atomic E-state index is 0.0237. The third-order valence-corrected chi connectivity index (χ3v) is 7.23. The largest absolute Gasteiger partial charge is 0.480 e. The number of hydrogen-bond acceptors (Lipinski definition) is 10. The van der Waals surface area contributed by atoms with E-state index in [1.807, 2.05) is 4.90 Å². The molecule has 234 valence electrons. The molecule has 4 N–H and O–H groups in total. The molecule has 0 saturated carbocycles. The molecule has 42 heavy (non-hydrogen) atoms. The van der Waals surface area contributed by atoms with E-state index in [-0.39, 0.29) is 18.8 Å². The normalized spacial score (nSPS) is 16.3. The van der Waals surface area contributed by atoms with E-state index in [1.165, 1.54) is 17.0 Å². The molecule has 1 aliphatic rings. The molecule has 1 fully saturated rings. The molecule has 0 aromatic heterocycles. The molecule has 0 bridgehead atoms. The molecule has 0 spiro atoms. The summed E-state index contributed by atoms with van der Waals surface area (Å²) in [4.78, 5) is 63.2. The van der Waals surface area contributed by atoms with Crippen molar-refractivity contribution in [2.75, 3.05) is 72.0 Å². The van der Waals surface area contributed by atoms with Crippen LogP contribution in [-0.2, 0) is 25.6 Å². The number of aliphatic carboxylic acids is 4. The molecule has 1 aromatic rings. The van der Waals surface area contributed by atoms with E-state index >= 15 is 0 Å². The van der Waals surface area contributed by atoms with Crippen molar-refractivity contribution in [1.82, 2.24) is 19.6 Å². The molecule has 1 heterocycles. The summed E-state index contributed by atoms with van der Waals surface area (Å²) in [6, 6.07) is 5.93. The summed E-state index contributed by atoms with van der Waals surface area (Å²) >= 11 is 0. The van der Waals surface area contributed by atoms with Crippen LogP contribution < -0.4 is 0 Å². The number of unbranched alkanes of at least 4 members (excludes halogenated alkanes) is 2. The van der Waals surface area contributed by atoms with Crippen LogP contribution in [-0.4, -0.2) is 147 Å². The molecule has 1 atom stereocenters. The Labute approximate surface area is 244 Å². The van der Waals surface area contributed by atoms with E-state index in [0.717, 1.165) is 18.4 Å². The maximum absolute atomic E-state index is 11.6. The smallest absolute Gasteiger partial charge is 0.317 e. The fourth-order valence-electron chi connectivity index (χ4n) is 5.08. The molecule has 15 nitrogen and oxygen atoms in total. The number of nitro groups is 1. The van der Waals surface area contributed by atoms with Gasteiger partial charge in [0.15, 0.2) is 0 Å². The van der Waals surface area contributed by atoms with Crippen LogP contribution in [0.2, 0.25) is 0 Å². The SMILES string of the molecule is O=C(O)CN1CCN(CC(=O)O)CCN(CC(CCCCCc2ccc([N+](=O)[O-])cc2)N(CC(=O)O)CC(=O)O)CC1. The van der Waals surface area contributed by atoms with E-state index < -0.39 is 47.9 Å². The zero-order valence-electron chi connectivity index (χ0n) is 23.7. The Morgan fingerprint density at radius 3 is 1.64 bits per heavy atom. The molecule has 1 saturated heterocycles. The number of nitrogens with zero attached hydrogens (tertiary/aromatic N) is 5. The lowest BCUT2D eigenvalue weighted by Crippen LogP contribution is -2.50. The number of nitro benzene ring substituents is 1. The Morgan fingerprint density at radius 2 is 1.21 bits per heavy atom. The molecule has 0 radical (unpaired) electrons. The predicted molar refractivity (Wildman–Crippen MR) is 150 cm³/mol. The molecule has 2 rings (SSSR count). The number of carbonyl (C=O) groups is 4. The maximum Gasteiger partial charge on any atom is 0.317 e. The lowest BCUT2D eigenvalue weighted by Gasteiger charge is -2.35. The second-order valence-corrected chi connectivity index (χ2v) is 10.5. The summed E-state index contributed by atoms with van der Waals surface area (Å²) in [6.45, 7) is 1.54. The van der Waals surface area contributed by atoms with Gasteiger partial charge < -0.3 is 20.4 Å². The van der Waals surface area contributed by atoms with Gasteiger partial charge in [-0.2, -0.15) is 0 Å². The van der Waals surface area contributed by atoms with Gasteiger partial charge in [-0.25, -0.2) is 0 Å². The third kappa shape index (κ3) is 13.8. The van der Waals surface area contributed by atoms with Gasteiger partial charge in [-0.3, -0.25) is 48.9 Å². The minimum atomic E-state index is -1.15. The molecule has 0 aliphatic carbocycles. The van der Waals surface area contributed by atoms with Crippen LogP contribution in [0.1, 0.15) is 31.2 Å². The first kappa shape index (κ1) is 34.5. The second kappa shape index (κ2) is 18.0. The summed E-state index contributed by atoms with van der Waals surface area (Å²) in [5.41, 5.74) is 0.986. The van der Waals surface area contributed by atoms with E-state index in [1.54, 1.807) is 21.9 Å². The highest BCUT2D eigenvalue weighted by Gasteiger charge is 2.27. The zero-order chi connectivity index (χ0) is 31.1. The van der Waals surface area contributed by atoms with E-state index in [9.17, 15) is 49.7 Å². The van der Waals surface area contributed by atoms with Crippen molar-refractivity contribution in [3.05, 3.63) is 39.9 Å². The quantitative estimate of drug-likeness (QED) is 0.104. The molecular formula is C27H41N5O10. The van der Waals surface area contributed by atoms with Gasteiger partial charge in [0.25, 0.3) is 5.69 Å². The summed E-state index contributed by atoms with van der Waals surface area (Å²) in [5.74, 6) is -4.29. The van der Waals surface area contributed by atoms with Crippen molar-refractivity contribution in [3.63, 3.8) is 0 Å². The van der Waals surface area contributed by atoms with Gasteiger partial charge in [0.1, 0.15) is 0 Å². The standard InChI is InChI=1S/C27H41N5O10/c33-24(34)17-29-12-10-28(11-13-30(15-14-29)18-25(35)36)16-23(31(19-26(37)38)20-27(39)40)5-3-1-2-4-21-6-8-22(9-7-21)32(41)42/h6-9,23H,1-5,10-20H2,(H,33,34)(H,35,36)(H,37,38)(H,39,40). The van der Waals surface area contributed by atoms with Crippen LogP contribution >= 0.6 is 0 Å². The van der Waals surface area contributed by atoms with Gasteiger partial charge in [0.2, 0.25) is 0 Å². The van der Waals surface area contributed by atoms with Crippen molar-refractivity contribution >= 4 is 29.6 Å². The molecule has 1 unspecified atom stereocenters. The maximum atomic E-state index is 11.6. The number of benzene rings is 1. The summed E-state index contributed by atoms with van der Waals surface area (Å²) in [7, 11) is 0. The second-order valence-electron chi connectivity index (χ2n) is 10.5. The lowest BCUT2D eigenvalue weighted by molar-refractivity contribution is -0.384. The Bertz CT molecular complexity index is 1010. The predicted octanol–water partition coefficient (Wildman–Crippen LogP) is 0.626. The van der Waals surface area contributed by atoms with Crippen LogP contribution in [0.5, 0.6) is 0 Å². The Morgan fingerprint density at radius 1 is 0.738 bits per heavy atom. The van der Waals surface area contributed by atoms with Crippen LogP contribution in [0.3, 0.4) is 0 Å². The van der Waals surface area contributed by atoms with Crippen LogP contribution in [0, 0.1) is 10.1 Å². The average molecular weight is 596 g/mol. The average Bonchev–Trinajstić information content (AvgIpc) is 2.98. The molecular weight excluding hydrogens is 554 g/mol. The van der Waals surface area contributed by atoms with Crippen LogP contribution in [0.25, 0.3) is 0 Å². The first-order chi connectivity index (χ1) is 19.9. The number of hydrogen-bond donors (Lipinski definition) is 4. The monoisotopic (exact) mass is 595 g/mol. The summed E-state index contributed by atoms with van der Waals surface area (Å²) in [6.07, 6.45) is 3.49. The summed E-state index contributed by atoms with van der Waals surface area (Å²) in [5, 5.41) is 48.4. The van der Waals surface area contributed by atoms with Gasteiger partial charge in [-0.05, 0) is 24.8 Å². The number of rotatable bonds is 18. The van der Waals surface area contributed by atoms with Crippen molar-refractivity contribution in [3.8, 4) is 0 Å². The topological polar surface area (TPSA) is 205 Å². The van der Waals surface area contributed by atoms with E-state index in [0.29, 0.717) is 65.1 Å². The highest BCUT2D eigenvalue weighted by atomic mass is 16.6. The molecule has 1 aliphatic heterocycles. The number of carboxylic acid groups (broad SMARTS) is 4. The third-order valence-electron chi connectivity index (χ3n) is 7.23. The fraction of sp³-hybridized carbons (Fsp3) is 0.630. The first-order valence-electron chi connectivity index (χ1n) is 13.9. The van der Waals surface area contributed by atoms with Crippen molar-refractivity contribution in [1.29, 1.82) is 0 Å². The molecule has 1 aromatic carbocycles. The van der Waals surface area contributed by atoms with E-state index in [2.05, 4.69) is 0 Å². The van der Waals surface area contributed by atoms with Crippen molar-refractivity contribution in [2.45, 2.75) is 38.1 Å². The van der Waals surface area contributed by atoms with E-state index in [4.69, 9.17) is 0 Å². The molecule has 15 heteroatoms. The van der Waals surface area contributed by atoms with Gasteiger partial charge in [-0.1, -0.05) is 25.0 Å².